The van der Waals surface area contributed by atoms with E-state index in [9.17, 15) is 5.11 Å². The Kier molecular flexibility index (Phi) is 3.29. The molecule has 4 heteroatoms. The largest absolute Gasteiger partial charge is 0.389 e. The number of aromatic nitrogens is 2. The SMILES string of the molecule is Cc1nccn1C(C)CC(C)(O)CN. The summed E-state index contributed by atoms with van der Waals surface area (Å²) in [5.41, 5.74) is 4.68. The molecule has 0 aliphatic rings. The molecule has 0 aromatic carbocycles. The van der Waals surface area contributed by atoms with Gasteiger partial charge in [-0.2, -0.15) is 0 Å². The van der Waals surface area contributed by atoms with Crippen molar-refractivity contribution < 1.29 is 5.11 Å². The summed E-state index contributed by atoms with van der Waals surface area (Å²) in [5.74, 6) is 0.963. The lowest BCUT2D eigenvalue weighted by molar-refractivity contribution is 0.0463. The number of aryl methyl sites for hydroxylation is 1. The maximum absolute atomic E-state index is 9.82. The second-order valence-electron chi connectivity index (χ2n) is 4.14. The molecule has 80 valence electrons. The Bertz CT molecular complexity index is 293. The number of hydrogen-bond donors (Lipinski definition) is 2. The van der Waals surface area contributed by atoms with Gasteiger partial charge in [0.2, 0.25) is 0 Å². The smallest absolute Gasteiger partial charge is 0.105 e. The predicted octanol–water partition coefficient (Wildman–Crippen LogP) is 0.852. The molecule has 0 amide bonds. The zero-order valence-electron chi connectivity index (χ0n) is 9.07. The van der Waals surface area contributed by atoms with Gasteiger partial charge in [0.05, 0.1) is 5.60 Å². The molecule has 2 atom stereocenters. The molecule has 1 aromatic rings. The van der Waals surface area contributed by atoms with Gasteiger partial charge in [0.1, 0.15) is 5.82 Å². The predicted molar refractivity (Wildman–Crippen MR) is 56.0 cm³/mol. The number of nitrogens with zero attached hydrogens (tertiary/aromatic N) is 2. The highest BCUT2D eigenvalue weighted by Gasteiger charge is 2.22. The van der Waals surface area contributed by atoms with Crippen LogP contribution in [0.4, 0.5) is 0 Å². The molecule has 1 rings (SSSR count). The van der Waals surface area contributed by atoms with Crippen LogP contribution in [-0.2, 0) is 0 Å². The quantitative estimate of drug-likeness (QED) is 0.752. The number of aliphatic hydroxyl groups is 1. The van der Waals surface area contributed by atoms with E-state index in [1.54, 1.807) is 13.1 Å². The Hall–Kier alpha value is -0.870. The minimum absolute atomic E-state index is 0.219. The Balaban J connectivity index is 2.68. The Morgan fingerprint density at radius 2 is 2.36 bits per heavy atom. The fourth-order valence-electron chi connectivity index (χ4n) is 1.67. The zero-order valence-corrected chi connectivity index (χ0v) is 9.07. The molecule has 1 heterocycles. The lowest BCUT2D eigenvalue weighted by Gasteiger charge is -2.26. The summed E-state index contributed by atoms with van der Waals surface area (Å²) in [6.07, 6.45) is 4.33. The first-order chi connectivity index (χ1) is 6.46. The van der Waals surface area contributed by atoms with Gasteiger partial charge in [-0.15, -0.1) is 0 Å². The Morgan fingerprint density at radius 1 is 1.71 bits per heavy atom. The lowest BCUT2D eigenvalue weighted by Crippen LogP contribution is -2.36. The normalized spacial score (nSPS) is 17.8. The standard InChI is InChI=1S/C10H19N3O/c1-8(6-10(3,14)7-11)13-5-4-12-9(13)2/h4-5,8,14H,6-7,11H2,1-3H3. The van der Waals surface area contributed by atoms with E-state index in [0.29, 0.717) is 6.42 Å². The van der Waals surface area contributed by atoms with E-state index >= 15 is 0 Å². The molecule has 0 fully saturated rings. The first kappa shape index (κ1) is 11.2. The zero-order chi connectivity index (χ0) is 10.8. The van der Waals surface area contributed by atoms with Crippen molar-refractivity contribution in [3.63, 3.8) is 0 Å². The summed E-state index contributed by atoms with van der Waals surface area (Å²) < 4.78 is 2.05. The van der Waals surface area contributed by atoms with E-state index in [4.69, 9.17) is 5.73 Å². The van der Waals surface area contributed by atoms with E-state index in [0.717, 1.165) is 5.82 Å². The molecular weight excluding hydrogens is 178 g/mol. The average molecular weight is 197 g/mol. The minimum Gasteiger partial charge on any atom is -0.389 e. The molecule has 0 aliphatic heterocycles. The minimum atomic E-state index is -0.796. The lowest BCUT2D eigenvalue weighted by atomic mass is 9.98. The van der Waals surface area contributed by atoms with E-state index in [2.05, 4.69) is 11.9 Å². The molecule has 1 aromatic heterocycles. The van der Waals surface area contributed by atoms with Crippen molar-refractivity contribution in [2.45, 2.75) is 38.8 Å². The van der Waals surface area contributed by atoms with E-state index in [1.807, 2.05) is 17.7 Å². The maximum atomic E-state index is 9.82. The molecule has 0 bridgehead atoms. The third-order valence-electron chi connectivity index (χ3n) is 2.51. The van der Waals surface area contributed by atoms with Crippen LogP contribution in [0.1, 0.15) is 32.1 Å². The van der Waals surface area contributed by atoms with Crippen LogP contribution in [0.3, 0.4) is 0 Å². The van der Waals surface area contributed by atoms with Gasteiger partial charge in [-0.3, -0.25) is 0 Å². The van der Waals surface area contributed by atoms with Crippen molar-refractivity contribution in [2.75, 3.05) is 6.54 Å². The van der Waals surface area contributed by atoms with Crippen LogP contribution in [-0.4, -0.2) is 26.8 Å². The van der Waals surface area contributed by atoms with Crippen molar-refractivity contribution >= 4 is 0 Å². The monoisotopic (exact) mass is 197 g/mol. The topological polar surface area (TPSA) is 64.1 Å². The first-order valence-electron chi connectivity index (χ1n) is 4.88. The highest BCUT2D eigenvalue weighted by atomic mass is 16.3. The Morgan fingerprint density at radius 3 is 2.79 bits per heavy atom. The maximum Gasteiger partial charge on any atom is 0.105 e. The molecule has 4 nitrogen and oxygen atoms in total. The highest BCUT2D eigenvalue weighted by molar-refractivity contribution is 4.93. The molecule has 3 N–H and O–H groups in total. The molecule has 0 saturated carbocycles. The van der Waals surface area contributed by atoms with Crippen LogP contribution in [0.2, 0.25) is 0 Å². The summed E-state index contributed by atoms with van der Waals surface area (Å²) in [5, 5.41) is 9.82. The van der Waals surface area contributed by atoms with Crippen molar-refractivity contribution in [1.29, 1.82) is 0 Å². The number of hydrogen-bond acceptors (Lipinski definition) is 3. The highest BCUT2D eigenvalue weighted by Crippen LogP contribution is 2.20. The van der Waals surface area contributed by atoms with Crippen molar-refractivity contribution in [1.82, 2.24) is 9.55 Å². The van der Waals surface area contributed by atoms with Gasteiger partial charge in [-0.1, -0.05) is 0 Å². The summed E-state index contributed by atoms with van der Waals surface area (Å²) in [6, 6.07) is 0.219. The fraction of sp³-hybridized carbons (Fsp3) is 0.700. The summed E-state index contributed by atoms with van der Waals surface area (Å²) in [6.45, 7) is 6.05. The van der Waals surface area contributed by atoms with Crippen LogP contribution < -0.4 is 5.73 Å². The van der Waals surface area contributed by atoms with Crippen LogP contribution in [0, 0.1) is 6.92 Å². The van der Waals surface area contributed by atoms with Crippen LogP contribution >= 0.6 is 0 Å². The molecule has 0 spiro atoms. The van der Waals surface area contributed by atoms with E-state index in [1.165, 1.54) is 0 Å². The molecule has 0 radical (unpaired) electrons. The van der Waals surface area contributed by atoms with Crippen molar-refractivity contribution in [3.8, 4) is 0 Å². The van der Waals surface area contributed by atoms with Gasteiger partial charge in [0.15, 0.2) is 0 Å². The second kappa shape index (κ2) is 4.11. The summed E-state index contributed by atoms with van der Waals surface area (Å²) >= 11 is 0. The summed E-state index contributed by atoms with van der Waals surface area (Å²) in [7, 11) is 0. The molecule has 0 aliphatic carbocycles. The van der Waals surface area contributed by atoms with Gasteiger partial charge in [0, 0.05) is 25.0 Å². The van der Waals surface area contributed by atoms with Crippen LogP contribution in [0.5, 0.6) is 0 Å². The Labute approximate surface area is 84.8 Å². The van der Waals surface area contributed by atoms with E-state index in [-0.39, 0.29) is 12.6 Å². The van der Waals surface area contributed by atoms with Crippen molar-refractivity contribution in [3.05, 3.63) is 18.2 Å². The summed E-state index contributed by atoms with van der Waals surface area (Å²) in [4.78, 5) is 4.14. The van der Waals surface area contributed by atoms with Gasteiger partial charge < -0.3 is 15.4 Å². The number of rotatable bonds is 4. The third kappa shape index (κ3) is 2.56. The van der Waals surface area contributed by atoms with Crippen molar-refractivity contribution in [2.24, 2.45) is 5.73 Å². The molecule has 0 saturated heterocycles. The van der Waals surface area contributed by atoms with Gasteiger partial charge >= 0.3 is 0 Å². The number of imidazole rings is 1. The fourth-order valence-corrected chi connectivity index (χ4v) is 1.67. The molecular formula is C10H19N3O. The van der Waals surface area contributed by atoms with Gasteiger partial charge in [0.25, 0.3) is 0 Å². The van der Waals surface area contributed by atoms with Crippen LogP contribution in [0.25, 0.3) is 0 Å². The average Bonchev–Trinajstić information content (AvgIpc) is 2.51. The van der Waals surface area contributed by atoms with Gasteiger partial charge in [-0.05, 0) is 27.2 Å². The van der Waals surface area contributed by atoms with Crippen LogP contribution in [0.15, 0.2) is 12.4 Å². The van der Waals surface area contributed by atoms with Gasteiger partial charge in [-0.25, -0.2) is 4.98 Å². The van der Waals surface area contributed by atoms with E-state index < -0.39 is 5.60 Å². The molecule has 2 unspecified atom stereocenters. The molecule has 14 heavy (non-hydrogen) atoms. The number of nitrogens with two attached hydrogens (primary N) is 1. The second-order valence-corrected chi connectivity index (χ2v) is 4.14. The first-order valence-corrected chi connectivity index (χ1v) is 4.88. The third-order valence-corrected chi connectivity index (χ3v) is 2.51.